The molecule has 37 heavy (non-hydrogen) atoms. The van der Waals surface area contributed by atoms with Crippen LogP contribution >= 0.6 is 27.7 Å². The summed E-state index contributed by atoms with van der Waals surface area (Å²) < 4.78 is 17.3. The monoisotopic (exact) mass is 581 g/mol. The third-order valence-corrected chi connectivity index (χ3v) is 6.61. The van der Waals surface area contributed by atoms with Crippen LogP contribution in [0.1, 0.15) is 12.5 Å². The van der Waals surface area contributed by atoms with Gasteiger partial charge in [0, 0.05) is 10.2 Å². The van der Waals surface area contributed by atoms with Gasteiger partial charge in [0.15, 0.2) is 23.3 Å². The molecule has 1 saturated heterocycles. The second kappa shape index (κ2) is 12.5. The molecule has 8 nitrogen and oxygen atoms in total. The van der Waals surface area contributed by atoms with Gasteiger partial charge in [-0.3, -0.25) is 9.59 Å². The molecule has 4 rings (SSSR count). The van der Waals surface area contributed by atoms with Crippen LogP contribution in [0.2, 0.25) is 0 Å². The van der Waals surface area contributed by atoms with Gasteiger partial charge < -0.3 is 24.8 Å². The summed E-state index contributed by atoms with van der Waals surface area (Å²) in [7, 11) is 1.51. The second-order valence-electron chi connectivity index (χ2n) is 7.64. The minimum Gasteiger partial charge on any atom is -0.494 e. The molecule has 3 aromatic carbocycles. The number of para-hydroxylation sites is 1. The predicted molar refractivity (Wildman–Crippen MR) is 150 cm³/mol. The highest BCUT2D eigenvalue weighted by molar-refractivity contribution is 9.10. The fourth-order valence-corrected chi connectivity index (χ4v) is 4.59. The number of methoxy groups -OCH3 is 1. The van der Waals surface area contributed by atoms with E-state index in [-0.39, 0.29) is 18.4 Å². The number of nitrogens with zero attached hydrogens (tertiary/aromatic N) is 1. The molecule has 1 aliphatic heterocycles. The minimum absolute atomic E-state index is 0.193. The number of benzene rings is 3. The lowest BCUT2D eigenvalue weighted by molar-refractivity contribution is -0.118. The van der Waals surface area contributed by atoms with Crippen molar-refractivity contribution in [2.75, 3.05) is 25.6 Å². The second-order valence-corrected chi connectivity index (χ2v) is 9.52. The highest BCUT2D eigenvalue weighted by Gasteiger charge is 2.24. The Kier molecular flexibility index (Phi) is 8.86. The van der Waals surface area contributed by atoms with E-state index in [1.807, 2.05) is 49.4 Å². The quantitative estimate of drug-likeness (QED) is 0.311. The molecule has 1 fully saturated rings. The molecule has 2 amide bonds. The molecule has 1 aliphatic rings. The SMILES string of the molecule is CCOc1ccc(N=C2NC(=O)/C(=C\c3cc(OC)c(OCC(=O)Nc4ccccc4)cc3Br)S2)cc1. The molecular weight excluding hydrogens is 558 g/mol. The summed E-state index contributed by atoms with van der Waals surface area (Å²) in [6.45, 7) is 2.32. The number of thioether (sulfide) groups is 1. The predicted octanol–water partition coefficient (Wildman–Crippen LogP) is 5.77. The Morgan fingerprint density at radius 2 is 1.84 bits per heavy atom. The Bertz CT molecular complexity index is 1340. The number of halogens is 1. The van der Waals surface area contributed by atoms with Crippen LogP contribution < -0.4 is 24.8 Å². The largest absolute Gasteiger partial charge is 0.494 e. The van der Waals surface area contributed by atoms with Crippen LogP contribution in [-0.2, 0) is 9.59 Å². The molecule has 0 spiro atoms. The molecule has 1 heterocycles. The van der Waals surface area contributed by atoms with E-state index in [0.717, 1.165) is 5.75 Å². The maximum atomic E-state index is 12.6. The number of carbonyl (C=O) groups is 2. The third kappa shape index (κ3) is 7.14. The Hall–Kier alpha value is -3.76. The number of nitrogens with one attached hydrogen (secondary N) is 2. The fraction of sp³-hybridized carbons (Fsp3) is 0.148. The van der Waals surface area contributed by atoms with E-state index in [1.165, 1.54) is 18.9 Å². The fourth-order valence-electron chi connectivity index (χ4n) is 3.32. The molecule has 190 valence electrons. The van der Waals surface area contributed by atoms with Crippen LogP contribution in [0.4, 0.5) is 11.4 Å². The first-order valence-corrected chi connectivity index (χ1v) is 12.9. The minimum atomic E-state index is -0.297. The molecule has 10 heteroatoms. The molecule has 0 radical (unpaired) electrons. The molecular formula is C27H24BrN3O5S. The van der Waals surface area contributed by atoms with Crippen molar-refractivity contribution in [2.45, 2.75) is 6.92 Å². The van der Waals surface area contributed by atoms with Gasteiger partial charge in [-0.1, -0.05) is 34.1 Å². The van der Waals surface area contributed by atoms with Crippen LogP contribution in [0.5, 0.6) is 17.2 Å². The zero-order chi connectivity index (χ0) is 26.2. The number of amidine groups is 1. The summed E-state index contributed by atoms with van der Waals surface area (Å²) in [5.74, 6) is 1.03. The van der Waals surface area contributed by atoms with Gasteiger partial charge in [-0.2, -0.15) is 0 Å². The van der Waals surface area contributed by atoms with E-state index >= 15 is 0 Å². The summed E-state index contributed by atoms with van der Waals surface area (Å²) in [6, 6.07) is 19.9. The number of hydrogen-bond acceptors (Lipinski definition) is 7. The van der Waals surface area contributed by atoms with Crippen molar-refractivity contribution >= 4 is 62.1 Å². The first-order chi connectivity index (χ1) is 17.9. The van der Waals surface area contributed by atoms with Crippen LogP contribution in [0, 0.1) is 0 Å². The normalized spacial score (nSPS) is 14.9. The van der Waals surface area contributed by atoms with E-state index < -0.39 is 0 Å². The highest BCUT2D eigenvalue weighted by Crippen LogP contribution is 2.37. The summed E-state index contributed by atoms with van der Waals surface area (Å²) in [5, 5.41) is 6.03. The Morgan fingerprint density at radius 3 is 2.54 bits per heavy atom. The lowest BCUT2D eigenvalue weighted by Gasteiger charge is -2.13. The van der Waals surface area contributed by atoms with Gasteiger partial charge in [0.1, 0.15) is 5.75 Å². The van der Waals surface area contributed by atoms with Crippen LogP contribution in [0.25, 0.3) is 6.08 Å². The van der Waals surface area contributed by atoms with E-state index in [0.29, 0.717) is 49.6 Å². The van der Waals surface area contributed by atoms with E-state index in [1.54, 1.807) is 30.3 Å². The van der Waals surface area contributed by atoms with Crippen molar-refractivity contribution in [1.29, 1.82) is 0 Å². The van der Waals surface area contributed by atoms with E-state index in [9.17, 15) is 9.59 Å². The van der Waals surface area contributed by atoms with Gasteiger partial charge in [-0.15, -0.1) is 0 Å². The number of aliphatic imine (C=N–C) groups is 1. The van der Waals surface area contributed by atoms with Gasteiger partial charge in [0.25, 0.3) is 11.8 Å². The zero-order valence-electron chi connectivity index (χ0n) is 20.1. The smallest absolute Gasteiger partial charge is 0.264 e. The van der Waals surface area contributed by atoms with Crippen LogP contribution in [0.15, 0.2) is 81.1 Å². The molecule has 0 atom stereocenters. The number of amides is 2. The van der Waals surface area contributed by atoms with E-state index in [4.69, 9.17) is 14.2 Å². The maximum Gasteiger partial charge on any atom is 0.264 e. The van der Waals surface area contributed by atoms with Gasteiger partial charge in [0.2, 0.25) is 0 Å². The molecule has 3 aromatic rings. The lowest BCUT2D eigenvalue weighted by Crippen LogP contribution is -2.20. The average molecular weight is 582 g/mol. The Balaban J connectivity index is 1.45. The molecule has 2 N–H and O–H groups in total. The van der Waals surface area contributed by atoms with Gasteiger partial charge in [-0.05, 0) is 78.9 Å². The van der Waals surface area contributed by atoms with Gasteiger partial charge in [0.05, 0.1) is 24.3 Å². The molecule has 0 saturated carbocycles. The van der Waals surface area contributed by atoms with Crippen molar-refractivity contribution in [3.63, 3.8) is 0 Å². The molecule has 0 unspecified atom stereocenters. The number of rotatable bonds is 9. The number of carbonyl (C=O) groups excluding carboxylic acids is 2. The summed E-state index contributed by atoms with van der Waals surface area (Å²) in [5.41, 5.74) is 2.09. The van der Waals surface area contributed by atoms with Crippen molar-refractivity contribution in [1.82, 2.24) is 5.32 Å². The summed E-state index contributed by atoms with van der Waals surface area (Å²) in [4.78, 5) is 29.8. The highest BCUT2D eigenvalue weighted by atomic mass is 79.9. The Labute approximate surface area is 227 Å². The topological polar surface area (TPSA) is 98.2 Å². The first-order valence-electron chi connectivity index (χ1n) is 11.3. The van der Waals surface area contributed by atoms with Crippen molar-refractivity contribution < 1.29 is 23.8 Å². The number of ether oxygens (including phenoxy) is 3. The first kappa shape index (κ1) is 26.3. The maximum absolute atomic E-state index is 12.6. The van der Waals surface area contributed by atoms with Gasteiger partial charge in [-0.25, -0.2) is 4.99 Å². The van der Waals surface area contributed by atoms with Crippen molar-refractivity contribution in [3.05, 3.63) is 81.7 Å². The van der Waals surface area contributed by atoms with Gasteiger partial charge >= 0.3 is 0 Å². The van der Waals surface area contributed by atoms with Crippen LogP contribution in [0.3, 0.4) is 0 Å². The molecule has 0 bridgehead atoms. The standard InChI is InChI=1S/C27H24BrN3O5S/c1-3-35-20-11-9-19(10-12-20)30-27-31-26(33)24(37-27)14-17-13-22(34-2)23(15-21(17)28)36-16-25(32)29-18-7-5-4-6-8-18/h4-15H,3,16H2,1-2H3,(H,29,32)(H,30,31,33)/b24-14+. The Morgan fingerprint density at radius 1 is 1.08 bits per heavy atom. The van der Waals surface area contributed by atoms with Crippen molar-refractivity contribution in [2.24, 2.45) is 4.99 Å². The molecule has 0 aromatic heterocycles. The van der Waals surface area contributed by atoms with Crippen molar-refractivity contribution in [3.8, 4) is 17.2 Å². The average Bonchev–Trinajstić information content (AvgIpc) is 3.24. The van der Waals surface area contributed by atoms with E-state index in [2.05, 4.69) is 31.6 Å². The number of hydrogen-bond donors (Lipinski definition) is 2. The lowest BCUT2D eigenvalue weighted by atomic mass is 10.2. The molecule has 0 aliphatic carbocycles. The third-order valence-electron chi connectivity index (χ3n) is 5.02. The number of anilines is 1. The summed E-state index contributed by atoms with van der Waals surface area (Å²) in [6.07, 6.45) is 1.74. The summed E-state index contributed by atoms with van der Waals surface area (Å²) >= 11 is 4.76. The van der Waals surface area contributed by atoms with Crippen LogP contribution in [-0.4, -0.2) is 37.3 Å². The zero-order valence-corrected chi connectivity index (χ0v) is 22.5.